The number of β-amino-alcohol motifs (C(OH)–C–C–N with tert-alkyl or cyclic N) is 1. The van der Waals surface area contributed by atoms with Crippen LogP contribution in [0, 0.1) is 0 Å². The molecule has 2 aromatic heterocycles. The van der Waals surface area contributed by atoms with Crippen molar-refractivity contribution in [3.05, 3.63) is 42.4 Å². The minimum Gasteiger partial charge on any atom is -0.386 e. The number of hydrogen-bond acceptors (Lipinski definition) is 5. The van der Waals surface area contributed by atoms with Crippen molar-refractivity contribution in [2.24, 2.45) is 7.05 Å². The molecule has 25 heavy (non-hydrogen) atoms. The Morgan fingerprint density at radius 1 is 1.36 bits per heavy atom. The molecule has 7 heteroatoms. The van der Waals surface area contributed by atoms with Crippen LogP contribution in [-0.2, 0) is 18.3 Å². The Labute approximate surface area is 147 Å². The van der Waals surface area contributed by atoms with Gasteiger partial charge in [0.25, 0.3) is 0 Å². The summed E-state index contributed by atoms with van der Waals surface area (Å²) in [7, 11) is 1.87. The number of rotatable bonds is 6. The second kappa shape index (κ2) is 7.65. The molecule has 0 saturated carbocycles. The lowest BCUT2D eigenvalue weighted by atomic mass is 9.92. The first-order valence-corrected chi connectivity index (χ1v) is 8.68. The van der Waals surface area contributed by atoms with Crippen LogP contribution < -0.4 is 10.2 Å². The molecule has 0 radical (unpaired) electrons. The number of hydrogen-bond donors (Lipinski definition) is 2. The fraction of sp³-hybridized carbons (Fsp3) is 0.500. The van der Waals surface area contributed by atoms with Gasteiger partial charge in [-0.3, -0.25) is 9.48 Å². The van der Waals surface area contributed by atoms with Crippen molar-refractivity contribution in [2.75, 3.05) is 24.5 Å². The molecular weight excluding hydrogens is 318 g/mol. The molecule has 0 bridgehead atoms. The summed E-state index contributed by atoms with van der Waals surface area (Å²) in [5.41, 5.74) is 0.102. The third kappa shape index (κ3) is 4.57. The summed E-state index contributed by atoms with van der Waals surface area (Å²) in [6.45, 7) is 1.61. The number of pyridine rings is 1. The molecule has 1 fully saturated rings. The van der Waals surface area contributed by atoms with Gasteiger partial charge in [0.05, 0.1) is 5.60 Å². The van der Waals surface area contributed by atoms with Crippen molar-refractivity contribution in [1.82, 2.24) is 20.1 Å². The SMILES string of the molecule is Cn1nccc1CCC(=O)NC[C@@]1(O)CCCN(c2ccccn2)C1. The minimum atomic E-state index is -0.919. The highest BCUT2D eigenvalue weighted by molar-refractivity contribution is 5.76. The zero-order valence-electron chi connectivity index (χ0n) is 14.6. The minimum absolute atomic E-state index is 0.0513. The second-order valence-corrected chi connectivity index (χ2v) is 6.66. The number of carbonyl (C=O) groups is 1. The molecule has 1 amide bonds. The number of anilines is 1. The summed E-state index contributed by atoms with van der Waals surface area (Å²) in [4.78, 5) is 18.5. The second-order valence-electron chi connectivity index (χ2n) is 6.66. The highest BCUT2D eigenvalue weighted by Crippen LogP contribution is 2.24. The molecule has 0 aliphatic carbocycles. The number of nitrogens with one attached hydrogen (secondary N) is 1. The van der Waals surface area contributed by atoms with Crippen LogP contribution in [-0.4, -0.2) is 51.0 Å². The number of piperidine rings is 1. The third-order valence-electron chi connectivity index (χ3n) is 4.67. The van der Waals surface area contributed by atoms with Crippen LogP contribution in [0.1, 0.15) is 25.0 Å². The monoisotopic (exact) mass is 343 g/mol. The zero-order valence-corrected chi connectivity index (χ0v) is 14.6. The molecule has 1 aliphatic heterocycles. The normalized spacial score (nSPS) is 20.5. The maximum Gasteiger partial charge on any atom is 0.220 e. The maximum absolute atomic E-state index is 12.1. The molecule has 3 heterocycles. The predicted octanol–water partition coefficient (Wildman–Crippen LogP) is 0.895. The molecule has 0 aromatic carbocycles. The van der Waals surface area contributed by atoms with Crippen molar-refractivity contribution in [3.8, 4) is 0 Å². The van der Waals surface area contributed by atoms with E-state index < -0.39 is 5.60 Å². The van der Waals surface area contributed by atoms with E-state index >= 15 is 0 Å². The summed E-state index contributed by atoms with van der Waals surface area (Å²) in [6.07, 6.45) is 6.06. The van der Waals surface area contributed by atoms with E-state index in [0.29, 0.717) is 25.8 Å². The fourth-order valence-electron chi connectivity index (χ4n) is 3.23. The van der Waals surface area contributed by atoms with Gasteiger partial charge in [0, 0.05) is 51.2 Å². The first-order valence-electron chi connectivity index (χ1n) is 8.68. The summed E-state index contributed by atoms with van der Waals surface area (Å²) in [5, 5.41) is 17.8. The lowest BCUT2D eigenvalue weighted by molar-refractivity contribution is -0.122. The highest BCUT2D eigenvalue weighted by atomic mass is 16.3. The Balaban J connectivity index is 1.49. The van der Waals surface area contributed by atoms with Crippen molar-refractivity contribution >= 4 is 11.7 Å². The van der Waals surface area contributed by atoms with E-state index in [9.17, 15) is 9.90 Å². The average Bonchev–Trinajstić information content (AvgIpc) is 3.04. The Morgan fingerprint density at radius 2 is 2.24 bits per heavy atom. The van der Waals surface area contributed by atoms with Gasteiger partial charge in [-0.1, -0.05) is 6.07 Å². The van der Waals surface area contributed by atoms with Crippen molar-refractivity contribution in [3.63, 3.8) is 0 Å². The van der Waals surface area contributed by atoms with Gasteiger partial charge >= 0.3 is 0 Å². The zero-order chi connectivity index (χ0) is 17.7. The number of aliphatic hydroxyl groups is 1. The lowest BCUT2D eigenvalue weighted by Gasteiger charge is -2.39. The summed E-state index contributed by atoms with van der Waals surface area (Å²) in [5.74, 6) is 0.813. The van der Waals surface area contributed by atoms with E-state index in [1.54, 1.807) is 17.1 Å². The summed E-state index contributed by atoms with van der Waals surface area (Å²) < 4.78 is 1.77. The van der Waals surface area contributed by atoms with E-state index in [4.69, 9.17) is 0 Å². The summed E-state index contributed by atoms with van der Waals surface area (Å²) >= 11 is 0. The first kappa shape index (κ1) is 17.4. The van der Waals surface area contributed by atoms with Gasteiger partial charge < -0.3 is 15.3 Å². The van der Waals surface area contributed by atoms with Crippen LogP contribution in [0.4, 0.5) is 5.82 Å². The van der Waals surface area contributed by atoms with E-state index in [-0.39, 0.29) is 12.5 Å². The van der Waals surface area contributed by atoms with Gasteiger partial charge in [-0.15, -0.1) is 0 Å². The lowest BCUT2D eigenvalue weighted by Crippen LogP contribution is -2.54. The molecule has 3 rings (SSSR count). The molecule has 1 atom stereocenters. The van der Waals surface area contributed by atoms with Crippen molar-refractivity contribution < 1.29 is 9.90 Å². The van der Waals surface area contributed by atoms with Gasteiger partial charge in [0.1, 0.15) is 5.82 Å². The molecule has 2 aromatic rings. The van der Waals surface area contributed by atoms with Crippen LogP contribution in [0.5, 0.6) is 0 Å². The molecule has 2 N–H and O–H groups in total. The largest absolute Gasteiger partial charge is 0.386 e. The van der Waals surface area contributed by atoms with Crippen LogP contribution >= 0.6 is 0 Å². The molecule has 1 aliphatic rings. The quantitative estimate of drug-likeness (QED) is 0.814. The van der Waals surface area contributed by atoms with Gasteiger partial charge in [-0.05, 0) is 37.5 Å². The molecule has 134 valence electrons. The van der Waals surface area contributed by atoms with E-state index in [2.05, 4.69) is 20.3 Å². The van der Waals surface area contributed by atoms with Crippen molar-refractivity contribution in [1.29, 1.82) is 0 Å². The number of nitrogens with zero attached hydrogens (tertiary/aromatic N) is 4. The topological polar surface area (TPSA) is 83.3 Å². The van der Waals surface area contributed by atoms with Gasteiger partial charge in [0.2, 0.25) is 5.91 Å². The predicted molar refractivity (Wildman–Crippen MR) is 95.2 cm³/mol. The van der Waals surface area contributed by atoms with Crippen LogP contribution in [0.25, 0.3) is 0 Å². The van der Waals surface area contributed by atoms with E-state index in [1.165, 1.54) is 0 Å². The maximum atomic E-state index is 12.1. The number of amides is 1. The molecule has 1 saturated heterocycles. The Bertz CT molecular complexity index is 703. The molecule has 7 nitrogen and oxygen atoms in total. The number of aromatic nitrogens is 3. The van der Waals surface area contributed by atoms with Crippen LogP contribution in [0.3, 0.4) is 0 Å². The van der Waals surface area contributed by atoms with Gasteiger partial charge in [0.15, 0.2) is 0 Å². The van der Waals surface area contributed by atoms with Gasteiger partial charge in [-0.25, -0.2) is 4.98 Å². The third-order valence-corrected chi connectivity index (χ3v) is 4.67. The van der Waals surface area contributed by atoms with Crippen LogP contribution in [0.2, 0.25) is 0 Å². The Kier molecular flexibility index (Phi) is 5.33. The standard InChI is InChI=1S/C18H25N5O2/c1-22-15(8-11-21-22)6-7-17(24)20-13-18(25)9-4-12-23(14-18)16-5-2-3-10-19-16/h2-3,5,8,10-11,25H,4,6-7,9,12-14H2,1H3,(H,20,24)/t18-/m0/s1. The Hall–Kier alpha value is -2.41. The number of carbonyl (C=O) groups excluding carboxylic acids is 1. The molecular formula is C18H25N5O2. The Morgan fingerprint density at radius 3 is 2.96 bits per heavy atom. The molecule has 0 unspecified atom stereocenters. The molecule has 0 spiro atoms. The summed E-state index contributed by atoms with van der Waals surface area (Å²) in [6, 6.07) is 7.67. The first-order chi connectivity index (χ1) is 12.1. The van der Waals surface area contributed by atoms with E-state index in [0.717, 1.165) is 24.5 Å². The van der Waals surface area contributed by atoms with E-state index in [1.807, 2.05) is 31.3 Å². The van der Waals surface area contributed by atoms with Crippen LogP contribution in [0.15, 0.2) is 36.7 Å². The fourth-order valence-corrected chi connectivity index (χ4v) is 3.23. The smallest absolute Gasteiger partial charge is 0.220 e. The average molecular weight is 343 g/mol. The van der Waals surface area contributed by atoms with Crippen molar-refractivity contribution in [2.45, 2.75) is 31.3 Å². The number of aryl methyl sites for hydroxylation is 2. The van der Waals surface area contributed by atoms with Gasteiger partial charge in [-0.2, -0.15) is 5.10 Å². The highest BCUT2D eigenvalue weighted by Gasteiger charge is 2.34.